The number of carbonyl (C=O) groups excluding carboxylic acids is 1. The van der Waals surface area contributed by atoms with Crippen LogP contribution in [0.15, 0.2) is 0 Å². The molecule has 0 radical (unpaired) electrons. The maximum absolute atomic E-state index is 10.4. The van der Waals surface area contributed by atoms with Gasteiger partial charge in [0.15, 0.2) is 0 Å². The molecule has 10 heavy (non-hydrogen) atoms. The molecule has 0 aliphatic carbocycles. The van der Waals surface area contributed by atoms with Crippen LogP contribution >= 0.6 is 0 Å². The maximum atomic E-state index is 10.4. The Balaban J connectivity index is 3.52. The maximum Gasteiger partial charge on any atom is 0.329 e. The molecular weight excluding hydrogens is 138 g/mol. The van der Waals surface area contributed by atoms with Crippen LogP contribution in [-0.2, 0) is 0 Å². The Morgan fingerprint density at radius 1 is 1.50 bits per heavy atom. The zero-order valence-electron chi connectivity index (χ0n) is 5.37. The van der Waals surface area contributed by atoms with Crippen LogP contribution in [0.4, 0.5) is 4.79 Å². The molecule has 6 N–H and O–H groups in total. The van der Waals surface area contributed by atoms with E-state index in [0.717, 1.165) is 0 Å². The van der Waals surface area contributed by atoms with Crippen LogP contribution in [0.2, 0.25) is 0 Å². The molecule has 0 aliphatic rings. The third-order valence-corrected chi connectivity index (χ3v) is 0.907. The molecule has 0 heterocycles. The highest BCUT2D eigenvalue weighted by Gasteiger charge is 2.07. The molecule has 0 atom stereocenters. The van der Waals surface area contributed by atoms with Crippen LogP contribution < -0.4 is 16.6 Å². The first-order valence-corrected chi connectivity index (χ1v) is 2.73. The molecule has 0 unspecified atom stereocenters. The minimum absolute atomic E-state index is 0.316. The average molecular weight is 149 g/mol. The van der Waals surface area contributed by atoms with Gasteiger partial charge in [0.05, 0.1) is 19.3 Å². The minimum atomic E-state index is -0.649. The summed E-state index contributed by atoms with van der Waals surface area (Å²) in [4.78, 5) is 10.4. The van der Waals surface area contributed by atoms with Gasteiger partial charge in [0, 0.05) is 0 Å². The van der Waals surface area contributed by atoms with Gasteiger partial charge in [0.25, 0.3) is 0 Å². The second-order valence-electron chi connectivity index (χ2n) is 1.68. The summed E-state index contributed by atoms with van der Waals surface area (Å²) >= 11 is 0. The van der Waals surface area contributed by atoms with E-state index in [1.807, 2.05) is 0 Å². The van der Waals surface area contributed by atoms with Gasteiger partial charge in [-0.15, -0.1) is 0 Å². The van der Waals surface area contributed by atoms with Gasteiger partial charge in [0.1, 0.15) is 0 Å². The number of nitrogens with one attached hydrogen (secondary N) is 2. The number of aliphatic hydroxyl groups excluding tert-OH is 2. The predicted octanol–water partition coefficient (Wildman–Crippen LogP) is -2.49. The Hall–Kier alpha value is -0.850. The van der Waals surface area contributed by atoms with Crippen molar-refractivity contribution in [2.45, 2.75) is 6.04 Å². The van der Waals surface area contributed by atoms with Gasteiger partial charge in [-0.3, -0.25) is 5.43 Å². The Morgan fingerprint density at radius 2 is 2.00 bits per heavy atom. The molecule has 0 fully saturated rings. The number of hydrogen-bond donors (Lipinski definition) is 5. The number of amides is 2. The molecule has 0 rings (SSSR count). The summed E-state index contributed by atoms with van der Waals surface area (Å²) in [6.07, 6.45) is 0. The Bertz CT molecular complexity index is 104. The lowest BCUT2D eigenvalue weighted by Crippen LogP contribution is -2.47. The molecule has 6 heteroatoms. The summed E-state index contributed by atoms with van der Waals surface area (Å²) in [6.45, 7) is -0.631. The van der Waals surface area contributed by atoms with Gasteiger partial charge in [0.2, 0.25) is 0 Å². The van der Waals surface area contributed by atoms with Crippen LogP contribution in [0.3, 0.4) is 0 Å². The van der Waals surface area contributed by atoms with Crippen LogP contribution in [0, 0.1) is 0 Å². The lowest BCUT2D eigenvalue weighted by molar-refractivity contribution is 0.169. The Morgan fingerprint density at radius 3 is 2.30 bits per heavy atom. The van der Waals surface area contributed by atoms with Gasteiger partial charge in [-0.25, -0.2) is 10.6 Å². The fourth-order valence-electron chi connectivity index (χ4n) is 0.376. The summed E-state index contributed by atoms with van der Waals surface area (Å²) in [5.74, 6) is 4.70. The third kappa shape index (κ3) is 3.23. The number of urea groups is 1. The van der Waals surface area contributed by atoms with Crippen molar-refractivity contribution in [3.05, 3.63) is 0 Å². The largest absolute Gasteiger partial charge is 0.394 e. The van der Waals surface area contributed by atoms with E-state index in [4.69, 9.17) is 16.1 Å². The van der Waals surface area contributed by atoms with E-state index in [2.05, 4.69) is 5.32 Å². The molecule has 0 saturated carbocycles. The second-order valence-corrected chi connectivity index (χ2v) is 1.68. The number of aliphatic hydroxyl groups is 2. The molecule has 0 aliphatic heterocycles. The average Bonchev–Trinajstić information content (AvgIpc) is 1.99. The van der Waals surface area contributed by atoms with Crippen molar-refractivity contribution in [2.24, 2.45) is 5.84 Å². The van der Waals surface area contributed by atoms with Crippen molar-refractivity contribution in [2.75, 3.05) is 13.2 Å². The van der Waals surface area contributed by atoms with Gasteiger partial charge in [-0.2, -0.15) is 0 Å². The van der Waals surface area contributed by atoms with Crippen LogP contribution in [-0.4, -0.2) is 35.5 Å². The molecular formula is C4H11N3O3. The van der Waals surface area contributed by atoms with Crippen LogP contribution in [0.25, 0.3) is 0 Å². The van der Waals surface area contributed by atoms with Crippen LogP contribution in [0.1, 0.15) is 0 Å². The van der Waals surface area contributed by atoms with Crippen molar-refractivity contribution < 1.29 is 15.0 Å². The van der Waals surface area contributed by atoms with E-state index < -0.39 is 12.1 Å². The molecule has 0 aromatic carbocycles. The summed E-state index contributed by atoms with van der Waals surface area (Å²) < 4.78 is 0. The number of carbonyl (C=O) groups is 1. The lowest BCUT2D eigenvalue weighted by Gasteiger charge is -2.11. The number of hydrazine groups is 1. The van der Waals surface area contributed by atoms with Crippen LogP contribution in [0.5, 0.6) is 0 Å². The van der Waals surface area contributed by atoms with E-state index in [9.17, 15) is 4.79 Å². The topological polar surface area (TPSA) is 108 Å². The van der Waals surface area contributed by atoms with Crippen molar-refractivity contribution in [3.63, 3.8) is 0 Å². The lowest BCUT2D eigenvalue weighted by atomic mass is 10.3. The normalized spacial score (nSPS) is 9.60. The fraction of sp³-hybridized carbons (Fsp3) is 0.750. The van der Waals surface area contributed by atoms with Crippen molar-refractivity contribution in [1.29, 1.82) is 0 Å². The number of hydrogen-bond acceptors (Lipinski definition) is 4. The van der Waals surface area contributed by atoms with E-state index in [1.165, 1.54) is 0 Å². The van der Waals surface area contributed by atoms with Gasteiger partial charge < -0.3 is 15.5 Å². The third-order valence-electron chi connectivity index (χ3n) is 0.907. The van der Waals surface area contributed by atoms with E-state index in [1.54, 1.807) is 5.43 Å². The highest BCUT2D eigenvalue weighted by molar-refractivity contribution is 5.73. The Labute approximate surface area is 58.0 Å². The van der Waals surface area contributed by atoms with Crippen molar-refractivity contribution in [1.82, 2.24) is 10.7 Å². The predicted molar refractivity (Wildman–Crippen MR) is 33.8 cm³/mol. The number of rotatable bonds is 3. The summed E-state index contributed by atoms with van der Waals surface area (Å²) in [5, 5.41) is 19.0. The van der Waals surface area contributed by atoms with E-state index >= 15 is 0 Å². The highest BCUT2D eigenvalue weighted by Crippen LogP contribution is 1.77. The minimum Gasteiger partial charge on any atom is -0.394 e. The SMILES string of the molecule is NNC(=O)NC(CO)CO. The van der Waals surface area contributed by atoms with Crippen molar-refractivity contribution >= 4 is 6.03 Å². The molecule has 60 valence electrons. The number of nitrogens with two attached hydrogens (primary N) is 1. The molecule has 6 nitrogen and oxygen atoms in total. The van der Waals surface area contributed by atoms with E-state index in [0.29, 0.717) is 0 Å². The van der Waals surface area contributed by atoms with Gasteiger partial charge in [-0.1, -0.05) is 0 Å². The quantitative estimate of drug-likeness (QED) is 0.174. The summed E-state index contributed by atoms with van der Waals surface area (Å²) in [5.41, 5.74) is 1.79. The highest BCUT2D eigenvalue weighted by atomic mass is 16.3. The van der Waals surface area contributed by atoms with Gasteiger partial charge in [-0.05, 0) is 0 Å². The first-order valence-electron chi connectivity index (χ1n) is 2.73. The molecule has 0 bridgehead atoms. The fourth-order valence-corrected chi connectivity index (χ4v) is 0.376. The zero-order valence-corrected chi connectivity index (χ0v) is 5.37. The molecule has 0 aromatic rings. The monoisotopic (exact) mass is 149 g/mol. The smallest absolute Gasteiger partial charge is 0.329 e. The standard InChI is InChI=1S/C4H11N3O3/c5-7-4(10)6-3(1-8)2-9/h3,8-9H,1-2,5H2,(H2,6,7,10). The molecule has 0 saturated heterocycles. The Kier molecular flexibility index (Phi) is 4.55. The summed E-state index contributed by atoms with van der Waals surface area (Å²) in [6, 6.07) is -1.28. The second kappa shape index (κ2) is 4.98. The molecule has 0 aromatic heterocycles. The summed E-state index contributed by atoms with van der Waals surface area (Å²) in [7, 11) is 0. The first kappa shape index (κ1) is 9.15. The molecule has 2 amide bonds. The molecule has 0 spiro atoms. The van der Waals surface area contributed by atoms with Crippen molar-refractivity contribution in [3.8, 4) is 0 Å². The first-order chi connectivity index (χ1) is 4.74. The van der Waals surface area contributed by atoms with E-state index in [-0.39, 0.29) is 13.2 Å². The van der Waals surface area contributed by atoms with Gasteiger partial charge >= 0.3 is 6.03 Å². The zero-order chi connectivity index (χ0) is 7.98.